The molecule has 0 radical (unpaired) electrons. The van der Waals surface area contributed by atoms with Crippen molar-refractivity contribution in [1.82, 2.24) is 5.32 Å². The largest absolute Gasteiger partial charge is 0.354 e. The standard InChI is InChI=1S/C15H25NO2/c1-5-10-16-14(15(17-3)18-4)11-13-8-6-12(2)7-9-13/h6-9,14-16H,5,10-11H2,1-4H3. The number of methoxy groups -OCH3 is 2. The first-order valence-electron chi connectivity index (χ1n) is 6.55. The second-order valence-electron chi connectivity index (χ2n) is 4.59. The highest BCUT2D eigenvalue weighted by Gasteiger charge is 2.20. The molecule has 1 unspecified atom stereocenters. The van der Waals surface area contributed by atoms with E-state index in [0.29, 0.717) is 0 Å². The third kappa shape index (κ3) is 4.77. The molecular formula is C15H25NO2. The van der Waals surface area contributed by atoms with E-state index in [4.69, 9.17) is 9.47 Å². The lowest BCUT2D eigenvalue weighted by Crippen LogP contribution is -2.44. The van der Waals surface area contributed by atoms with Crippen LogP contribution in [0.5, 0.6) is 0 Å². The molecule has 0 aliphatic carbocycles. The maximum atomic E-state index is 5.37. The van der Waals surface area contributed by atoms with Gasteiger partial charge in [0, 0.05) is 14.2 Å². The predicted molar refractivity (Wildman–Crippen MR) is 74.8 cm³/mol. The predicted octanol–water partition coefficient (Wildman–Crippen LogP) is 2.52. The molecule has 0 spiro atoms. The minimum atomic E-state index is -0.210. The van der Waals surface area contributed by atoms with Crippen LogP contribution in [-0.4, -0.2) is 33.1 Å². The molecule has 1 N–H and O–H groups in total. The van der Waals surface area contributed by atoms with Crippen LogP contribution >= 0.6 is 0 Å². The van der Waals surface area contributed by atoms with Crippen molar-refractivity contribution >= 4 is 0 Å². The van der Waals surface area contributed by atoms with Crippen LogP contribution in [0.4, 0.5) is 0 Å². The van der Waals surface area contributed by atoms with Crippen molar-refractivity contribution < 1.29 is 9.47 Å². The summed E-state index contributed by atoms with van der Waals surface area (Å²) in [5, 5.41) is 3.48. The Balaban J connectivity index is 2.67. The van der Waals surface area contributed by atoms with Crippen LogP contribution in [0.1, 0.15) is 24.5 Å². The molecule has 1 aromatic rings. The highest BCUT2D eigenvalue weighted by atomic mass is 16.7. The Bertz CT molecular complexity index is 320. The van der Waals surface area contributed by atoms with E-state index in [-0.39, 0.29) is 12.3 Å². The topological polar surface area (TPSA) is 30.5 Å². The zero-order valence-electron chi connectivity index (χ0n) is 11.9. The van der Waals surface area contributed by atoms with E-state index in [0.717, 1.165) is 19.4 Å². The number of benzene rings is 1. The Labute approximate surface area is 110 Å². The fourth-order valence-electron chi connectivity index (χ4n) is 2.00. The van der Waals surface area contributed by atoms with Crippen LogP contribution in [0.3, 0.4) is 0 Å². The summed E-state index contributed by atoms with van der Waals surface area (Å²) >= 11 is 0. The molecule has 0 amide bonds. The summed E-state index contributed by atoms with van der Waals surface area (Å²) in [6.07, 6.45) is 1.80. The van der Waals surface area contributed by atoms with E-state index >= 15 is 0 Å². The van der Waals surface area contributed by atoms with Gasteiger partial charge in [0.1, 0.15) is 0 Å². The average molecular weight is 251 g/mol. The number of hydrogen-bond acceptors (Lipinski definition) is 3. The SMILES string of the molecule is CCCNC(Cc1ccc(C)cc1)C(OC)OC. The Hall–Kier alpha value is -0.900. The molecule has 0 fully saturated rings. The van der Waals surface area contributed by atoms with Gasteiger partial charge in [-0.15, -0.1) is 0 Å². The van der Waals surface area contributed by atoms with Gasteiger partial charge in [-0.1, -0.05) is 36.8 Å². The third-order valence-electron chi connectivity index (χ3n) is 3.03. The molecule has 0 saturated carbocycles. The van der Waals surface area contributed by atoms with Gasteiger partial charge < -0.3 is 14.8 Å². The molecule has 102 valence electrons. The minimum Gasteiger partial charge on any atom is -0.354 e. The maximum absolute atomic E-state index is 5.37. The Morgan fingerprint density at radius 2 is 1.72 bits per heavy atom. The van der Waals surface area contributed by atoms with Gasteiger partial charge in [0.05, 0.1) is 6.04 Å². The average Bonchev–Trinajstić information content (AvgIpc) is 2.39. The lowest BCUT2D eigenvalue weighted by Gasteiger charge is -2.26. The van der Waals surface area contributed by atoms with Crippen molar-refractivity contribution in [2.24, 2.45) is 0 Å². The molecule has 3 nitrogen and oxygen atoms in total. The van der Waals surface area contributed by atoms with Gasteiger partial charge >= 0.3 is 0 Å². The van der Waals surface area contributed by atoms with Gasteiger partial charge in [-0.05, 0) is 31.9 Å². The zero-order chi connectivity index (χ0) is 13.4. The minimum absolute atomic E-state index is 0.183. The van der Waals surface area contributed by atoms with Crippen LogP contribution < -0.4 is 5.32 Å². The van der Waals surface area contributed by atoms with E-state index in [1.807, 2.05) is 0 Å². The lowest BCUT2D eigenvalue weighted by atomic mass is 10.0. The molecule has 3 heteroatoms. The lowest BCUT2D eigenvalue weighted by molar-refractivity contribution is -0.122. The Morgan fingerprint density at radius 1 is 1.11 bits per heavy atom. The van der Waals surface area contributed by atoms with Crippen LogP contribution in [0, 0.1) is 6.92 Å². The molecule has 1 atom stereocenters. The Kier molecular flexibility index (Phi) is 6.94. The van der Waals surface area contributed by atoms with Crippen molar-refractivity contribution in [3.8, 4) is 0 Å². The molecule has 0 heterocycles. The second-order valence-corrected chi connectivity index (χ2v) is 4.59. The number of nitrogens with one attached hydrogen (secondary N) is 1. The second kappa shape index (κ2) is 8.25. The van der Waals surface area contributed by atoms with Gasteiger partial charge in [-0.2, -0.15) is 0 Å². The molecule has 0 aromatic heterocycles. The van der Waals surface area contributed by atoms with E-state index in [1.54, 1.807) is 14.2 Å². The summed E-state index contributed by atoms with van der Waals surface area (Å²) in [4.78, 5) is 0. The molecule has 1 aromatic carbocycles. The Morgan fingerprint density at radius 3 is 2.22 bits per heavy atom. The summed E-state index contributed by atoms with van der Waals surface area (Å²) in [6.45, 7) is 5.23. The summed E-state index contributed by atoms with van der Waals surface area (Å²) in [5.74, 6) is 0. The zero-order valence-corrected chi connectivity index (χ0v) is 11.9. The first-order chi connectivity index (χ1) is 8.71. The smallest absolute Gasteiger partial charge is 0.172 e. The van der Waals surface area contributed by atoms with Crippen molar-refractivity contribution in [1.29, 1.82) is 0 Å². The van der Waals surface area contributed by atoms with Crippen LogP contribution in [0.2, 0.25) is 0 Å². The van der Waals surface area contributed by atoms with Gasteiger partial charge in [0.15, 0.2) is 6.29 Å². The monoisotopic (exact) mass is 251 g/mol. The third-order valence-corrected chi connectivity index (χ3v) is 3.03. The number of ether oxygens (including phenoxy) is 2. The summed E-state index contributed by atoms with van der Waals surface area (Å²) in [6, 6.07) is 8.79. The molecule has 1 rings (SSSR count). The molecule has 18 heavy (non-hydrogen) atoms. The van der Waals surface area contributed by atoms with Crippen molar-refractivity contribution in [2.75, 3.05) is 20.8 Å². The van der Waals surface area contributed by atoms with Crippen LogP contribution in [0.25, 0.3) is 0 Å². The fourth-order valence-corrected chi connectivity index (χ4v) is 2.00. The van der Waals surface area contributed by atoms with Gasteiger partial charge in [-0.25, -0.2) is 0 Å². The molecule has 0 saturated heterocycles. The quantitative estimate of drug-likeness (QED) is 0.720. The van der Waals surface area contributed by atoms with E-state index < -0.39 is 0 Å². The first-order valence-corrected chi connectivity index (χ1v) is 6.55. The van der Waals surface area contributed by atoms with Gasteiger partial charge in [0.2, 0.25) is 0 Å². The van der Waals surface area contributed by atoms with Crippen molar-refractivity contribution in [2.45, 2.75) is 39.0 Å². The highest BCUT2D eigenvalue weighted by molar-refractivity contribution is 5.22. The maximum Gasteiger partial charge on any atom is 0.172 e. The van der Waals surface area contributed by atoms with E-state index in [2.05, 4.69) is 43.4 Å². The molecular weight excluding hydrogens is 226 g/mol. The molecule has 0 bridgehead atoms. The van der Waals surface area contributed by atoms with Gasteiger partial charge in [0.25, 0.3) is 0 Å². The van der Waals surface area contributed by atoms with Crippen molar-refractivity contribution in [3.05, 3.63) is 35.4 Å². The summed E-state index contributed by atoms with van der Waals surface area (Å²) in [5.41, 5.74) is 2.58. The molecule has 0 aliphatic heterocycles. The van der Waals surface area contributed by atoms with Gasteiger partial charge in [-0.3, -0.25) is 0 Å². The van der Waals surface area contributed by atoms with E-state index in [1.165, 1.54) is 11.1 Å². The number of aryl methyl sites for hydroxylation is 1. The summed E-state index contributed by atoms with van der Waals surface area (Å²) in [7, 11) is 3.37. The first kappa shape index (κ1) is 15.2. The summed E-state index contributed by atoms with van der Waals surface area (Å²) < 4.78 is 10.7. The number of hydrogen-bond donors (Lipinski definition) is 1. The fraction of sp³-hybridized carbons (Fsp3) is 0.600. The van der Waals surface area contributed by atoms with Crippen LogP contribution in [0.15, 0.2) is 24.3 Å². The number of rotatable bonds is 8. The molecule has 0 aliphatic rings. The highest BCUT2D eigenvalue weighted by Crippen LogP contribution is 2.10. The van der Waals surface area contributed by atoms with Crippen LogP contribution in [-0.2, 0) is 15.9 Å². The van der Waals surface area contributed by atoms with Crippen molar-refractivity contribution in [3.63, 3.8) is 0 Å². The van der Waals surface area contributed by atoms with E-state index in [9.17, 15) is 0 Å². The normalized spacial score (nSPS) is 12.9.